The van der Waals surface area contributed by atoms with E-state index in [2.05, 4.69) is 9.22 Å². The van der Waals surface area contributed by atoms with Crippen molar-refractivity contribution < 1.29 is 27.5 Å². The van der Waals surface area contributed by atoms with Gasteiger partial charge in [-0.1, -0.05) is 25.1 Å². The van der Waals surface area contributed by atoms with Crippen molar-refractivity contribution in [3.63, 3.8) is 0 Å². The summed E-state index contributed by atoms with van der Waals surface area (Å²) in [4.78, 5) is 17.1. The van der Waals surface area contributed by atoms with Gasteiger partial charge in [-0.3, -0.25) is 0 Å². The second kappa shape index (κ2) is 7.99. The van der Waals surface area contributed by atoms with Crippen LogP contribution in [0, 0.1) is 11.6 Å². The van der Waals surface area contributed by atoms with Gasteiger partial charge in [0.25, 0.3) is 0 Å². The highest BCUT2D eigenvalue weighted by atomic mass is 32.2. The molecule has 3 rings (SSSR count). The van der Waals surface area contributed by atoms with E-state index in [4.69, 9.17) is 4.74 Å². The van der Waals surface area contributed by atoms with E-state index in [1.54, 1.807) is 12.1 Å². The molecule has 7 heteroatoms. The molecule has 0 bridgehead atoms. The lowest BCUT2D eigenvalue weighted by atomic mass is 9.92. The molecular weight excluding hydrogens is 362 g/mol. The van der Waals surface area contributed by atoms with Crippen molar-refractivity contribution in [2.45, 2.75) is 24.3 Å². The molecule has 1 aliphatic rings. The third-order valence-electron chi connectivity index (χ3n) is 3.98. The number of cyclic esters (lactones) is 1. The summed E-state index contributed by atoms with van der Waals surface area (Å²) >= 11 is 0.751. The SMILES string of the molecule is CCC1OC(=O)C(c2ccc(F)cc2)=C1c1ccc(SOOC)c(F)c1. The van der Waals surface area contributed by atoms with Gasteiger partial charge in [-0.15, -0.1) is 0 Å². The molecule has 4 nitrogen and oxygen atoms in total. The van der Waals surface area contributed by atoms with Gasteiger partial charge in [0, 0.05) is 5.57 Å². The molecule has 26 heavy (non-hydrogen) atoms. The predicted octanol–water partition coefficient (Wildman–Crippen LogP) is 4.80. The molecule has 0 aromatic heterocycles. The van der Waals surface area contributed by atoms with E-state index >= 15 is 0 Å². The first-order valence-electron chi connectivity index (χ1n) is 7.93. The van der Waals surface area contributed by atoms with Crippen LogP contribution in [0.4, 0.5) is 8.78 Å². The zero-order chi connectivity index (χ0) is 18.7. The molecule has 0 saturated heterocycles. The van der Waals surface area contributed by atoms with Gasteiger partial charge in [-0.25, -0.2) is 18.5 Å². The summed E-state index contributed by atoms with van der Waals surface area (Å²) in [5, 5.41) is 0. The fourth-order valence-corrected chi connectivity index (χ4v) is 3.24. The van der Waals surface area contributed by atoms with Crippen LogP contribution in [0.3, 0.4) is 0 Å². The van der Waals surface area contributed by atoms with Gasteiger partial charge < -0.3 is 4.74 Å². The Labute approximate surface area is 153 Å². The highest BCUT2D eigenvalue weighted by molar-refractivity contribution is 7.94. The standard InChI is InChI=1S/C19H16F2O4S/c1-3-15-17(12-6-9-16(14(21)10-12)26-25-23-2)18(19(22)24-15)11-4-7-13(20)8-5-11/h4-10,15H,3H2,1-2H3. The first-order chi connectivity index (χ1) is 12.5. The fraction of sp³-hybridized carbons (Fsp3) is 0.211. The molecular formula is C19H16F2O4S. The molecule has 1 heterocycles. The number of halogens is 2. The molecule has 2 aromatic carbocycles. The van der Waals surface area contributed by atoms with Crippen LogP contribution >= 0.6 is 12.0 Å². The van der Waals surface area contributed by atoms with E-state index in [1.165, 1.54) is 37.4 Å². The quantitative estimate of drug-likeness (QED) is 0.313. The summed E-state index contributed by atoms with van der Waals surface area (Å²) in [6, 6.07) is 10.1. The molecule has 0 fully saturated rings. The van der Waals surface area contributed by atoms with Gasteiger partial charge in [0.1, 0.15) is 17.7 Å². The molecule has 0 amide bonds. The maximum absolute atomic E-state index is 14.4. The summed E-state index contributed by atoms with van der Waals surface area (Å²) in [6.07, 6.45) is 0.0483. The number of esters is 1. The second-order valence-electron chi connectivity index (χ2n) is 5.56. The third-order valence-corrected chi connectivity index (χ3v) is 4.70. The normalized spacial score (nSPS) is 16.9. The Kier molecular flexibility index (Phi) is 5.70. The van der Waals surface area contributed by atoms with Gasteiger partial charge in [0.2, 0.25) is 0 Å². The topological polar surface area (TPSA) is 44.8 Å². The zero-order valence-corrected chi connectivity index (χ0v) is 14.9. The van der Waals surface area contributed by atoms with Gasteiger partial charge >= 0.3 is 5.97 Å². The molecule has 0 spiro atoms. The number of carbonyl (C=O) groups is 1. The third kappa shape index (κ3) is 3.65. The summed E-state index contributed by atoms with van der Waals surface area (Å²) in [5.74, 6) is -1.41. The minimum absolute atomic E-state index is 0.248. The van der Waals surface area contributed by atoms with E-state index < -0.39 is 23.7 Å². The van der Waals surface area contributed by atoms with Gasteiger partial charge in [-0.2, -0.15) is 4.33 Å². The van der Waals surface area contributed by atoms with E-state index in [0.29, 0.717) is 28.7 Å². The highest BCUT2D eigenvalue weighted by Gasteiger charge is 2.35. The molecule has 0 saturated carbocycles. The van der Waals surface area contributed by atoms with Crippen molar-refractivity contribution in [1.29, 1.82) is 0 Å². The van der Waals surface area contributed by atoms with Crippen molar-refractivity contribution >= 4 is 29.2 Å². The number of rotatable bonds is 6. The average molecular weight is 378 g/mol. The average Bonchev–Trinajstić information content (AvgIpc) is 2.98. The lowest BCUT2D eigenvalue weighted by Crippen LogP contribution is -2.09. The van der Waals surface area contributed by atoms with Crippen molar-refractivity contribution in [3.8, 4) is 0 Å². The Morgan fingerprint density at radius 3 is 2.42 bits per heavy atom. The Hall–Kier alpha value is -2.22. The lowest BCUT2D eigenvalue weighted by Gasteiger charge is -2.13. The largest absolute Gasteiger partial charge is 0.454 e. The maximum atomic E-state index is 14.4. The van der Waals surface area contributed by atoms with Crippen LogP contribution < -0.4 is 0 Å². The number of hydrogen-bond acceptors (Lipinski definition) is 5. The molecule has 1 aliphatic heterocycles. The molecule has 0 N–H and O–H groups in total. The Morgan fingerprint density at radius 1 is 1.12 bits per heavy atom. The van der Waals surface area contributed by atoms with Crippen LogP contribution in [0.5, 0.6) is 0 Å². The van der Waals surface area contributed by atoms with Gasteiger partial charge in [-0.05, 0) is 41.8 Å². The molecule has 2 aromatic rings. The Morgan fingerprint density at radius 2 is 1.81 bits per heavy atom. The maximum Gasteiger partial charge on any atom is 0.339 e. The molecule has 1 atom stereocenters. The minimum atomic E-state index is -0.510. The monoisotopic (exact) mass is 378 g/mol. The van der Waals surface area contributed by atoms with Crippen molar-refractivity contribution in [2.24, 2.45) is 0 Å². The number of ether oxygens (including phenoxy) is 1. The van der Waals surface area contributed by atoms with E-state index in [0.717, 1.165) is 12.0 Å². The smallest absolute Gasteiger partial charge is 0.339 e. The second-order valence-corrected chi connectivity index (χ2v) is 6.30. The molecule has 0 radical (unpaired) electrons. The molecule has 136 valence electrons. The van der Waals surface area contributed by atoms with Crippen molar-refractivity contribution in [2.75, 3.05) is 7.11 Å². The summed E-state index contributed by atoms with van der Waals surface area (Å²) < 4.78 is 37.7. The Bertz CT molecular complexity index is 849. The van der Waals surface area contributed by atoms with Crippen LogP contribution in [-0.2, 0) is 18.8 Å². The van der Waals surface area contributed by atoms with Gasteiger partial charge in [0.15, 0.2) is 0 Å². The summed E-state index contributed by atoms with van der Waals surface area (Å²) in [6.45, 7) is 1.87. The van der Waals surface area contributed by atoms with Crippen LogP contribution in [0.1, 0.15) is 24.5 Å². The number of hydrogen-bond donors (Lipinski definition) is 0. The summed E-state index contributed by atoms with van der Waals surface area (Å²) in [5.41, 5.74) is 1.97. The van der Waals surface area contributed by atoms with Crippen molar-refractivity contribution in [1.82, 2.24) is 0 Å². The zero-order valence-electron chi connectivity index (χ0n) is 14.1. The van der Waals surface area contributed by atoms with Crippen LogP contribution in [0.25, 0.3) is 11.1 Å². The van der Waals surface area contributed by atoms with Crippen molar-refractivity contribution in [3.05, 3.63) is 65.2 Å². The first-order valence-corrected chi connectivity index (χ1v) is 8.67. The predicted molar refractivity (Wildman–Crippen MR) is 93.7 cm³/mol. The molecule has 1 unspecified atom stereocenters. The van der Waals surface area contributed by atoms with E-state index in [1.807, 2.05) is 6.92 Å². The highest BCUT2D eigenvalue weighted by Crippen LogP contribution is 2.39. The fourth-order valence-electron chi connectivity index (χ4n) is 2.83. The van der Waals surface area contributed by atoms with Crippen LogP contribution in [0.15, 0.2) is 47.4 Å². The number of benzene rings is 2. The minimum Gasteiger partial charge on any atom is -0.454 e. The van der Waals surface area contributed by atoms with Gasteiger partial charge in [0.05, 0.1) is 29.6 Å². The van der Waals surface area contributed by atoms with Crippen LogP contribution in [0.2, 0.25) is 0 Å². The lowest BCUT2D eigenvalue weighted by molar-refractivity contribution is -0.160. The Balaban J connectivity index is 2.09. The van der Waals surface area contributed by atoms with E-state index in [-0.39, 0.29) is 4.90 Å². The number of carbonyl (C=O) groups excluding carboxylic acids is 1. The summed E-state index contributed by atoms with van der Waals surface area (Å²) in [7, 11) is 1.33. The molecule has 0 aliphatic carbocycles. The van der Waals surface area contributed by atoms with E-state index in [9.17, 15) is 13.6 Å². The first kappa shape index (κ1) is 18.6. The van der Waals surface area contributed by atoms with Crippen LogP contribution in [-0.4, -0.2) is 19.2 Å².